The van der Waals surface area contributed by atoms with Gasteiger partial charge in [-0.25, -0.2) is 14.4 Å². The largest absolute Gasteiger partial charge is 0.435 e. The maximum Gasteiger partial charge on any atom is 0.226 e. The van der Waals surface area contributed by atoms with E-state index in [1.807, 2.05) is 12.3 Å². The molecule has 0 bridgehead atoms. The van der Waals surface area contributed by atoms with Gasteiger partial charge in [-0.1, -0.05) is 12.1 Å². The first-order valence-corrected chi connectivity index (χ1v) is 9.06. The molecule has 27 heavy (non-hydrogen) atoms. The highest BCUT2D eigenvalue weighted by Gasteiger charge is 2.15. The smallest absolute Gasteiger partial charge is 0.226 e. The molecule has 0 atom stereocenters. The van der Waals surface area contributed by atoms with Crippen molar-refractivity contribution in [2.75, 3.05) is 0 Å². The summed E-state index contributed by atoms with van der Waals surface area (Å²) >= 11 is 1.48. The van der Waals surface area contributed by atoms with E-state index in [4.69, 9.17) is 4.74 Å². The molecule has 0 aliphatic heterocycles. The van der Waals surface area contributed by atoms with Crippen LogP contribution in [0.1, 0.15) is 21.8 Å². The highest BCUT2D eigenvalue weighted by molar-refractivity contribution is 7.09. The Bertz CT molecular complexity index is 975. The number of nitrogens with one attached hydrogen (secondary N) is 1. The molecule has 1 N–H and O–H groups in total. The Morgan fingerprint density at radius 1 is 1.22 bits per heavy atom. The number of aryl methyl sites for hydroxylation is 2. The normalized spacial score (nSPS) is 10.7. The van der Waals surface area contributed by atoms with E-state index in [0.717, 1.165) is 5.01 Å². The monoisotopic (exact) mass is 389 g/mol. The standard InChI is InChI=1S/C19H17F2N3O2S/c1-11-5-6-15(18(21)17(11)20)26-19-13(4-3-7-22-19)9-23-16(25)8-14-10-27-12(2)24-14/h3-7,10H,8-9H2,1-2H3,(H,23,25). The van der Waals surface area contributed by atoms with Crippen LogP contribution in [0.5, 0.6) is 11.6 Å². The SMILES string of the molecule is Cc1nc(CC(=O)NCc2cccnc2Oc2ccc(C)c(F)c2F)cs1. The van der Waals surface area contributed by atoms with Crippen LogP contribution >= 0.6 is 11.3 Å². The molecule has 0 unspecified atom stereocenters. The number of rotatable bonds is 6. The lowest BCUT2D eigenvalue weighted by Gasteiger charge is -2.12. The molecular weight excluding hydrogens is 372 g/mol. The van der Waals surface area contributed by atoms with Crippen molar-refractivity contribution in [2.24, 2.45) is 0 Å². The van der Waals surface area contributed by atoms with Crippen LogP contribution in [-0.4, -0.2) is 15.9 Å². The fraction of sp³-hybridized carbons (Fsp3) is 0.211. The third-order valence-corrected chi connectivity index (χ3v) is 4.60. The topological polar surface area (TPSA) is 64.1 Å². The molecule has 5 nitrogen and oxygen atoms in total. The molecule has 0 spiro atoms. The zero-order valence-electron chi connectivity index (χ0n) is 14.8. The van der Waals surface area contributed by atoms with Gasteiger partial charge in [-0.3, -0.25) is 4.79 Å². The molecular formula is C19H17F2N3O2S. The van der Waals surface area contributed by atoms with E-state index >= 15 is 0 Å². The van der Waals surface area contributed by atoms with Crippen LogP contribution in [0.2, 0.25) is 0 Å². The molecule has 0 saturated heterocycles. The summed E-state index contributed by atoms with van der Waals surface area (Å²) in [5, 5.41) is 5.49. The molecule has 1 amide bonds. The van der Waals surface area contributed by atoms with Crippen molar-refractivity contribution in [3.63, 3.8) is 0 Å². The van der Waals surface area contributed by atoms with E-state index in [9.17, 15) is 13.6 Å². The minimum absolute atomic E-state index is 0.101. The molecule has 0 saturated carbocycles. The number of ether oxygens (including phenoxy) is 1. The quantitative estimate of drug-likeness (QED) is 0.690. The van der Waals surface area contributed by atoms with Gasteiger partial charge in [0.1, 0.15) is 0 Å². The van der Waals surface area contributed by atoms with Gasteiger partial charge in [0.2, 0.25) is 17.6 Å². The van der Waals surface area contributed by atoms with Crippen molar-refractivity contribution in [1.82, 2.24) is 15.3 Å². The summed E-state index contributed by atoms with van der Waals surface area (Å²) in [6.07, 6.45) is 1.64. The van der Waals surface area contributed by atoms with Crippen LogP contribution in [0.3, 0.4) is 0 Å². The molecule has 0 fully saturated rings. The van der Waals surface area contributed by atoms with Gasteiger partial charge < -0.3 is 10.1 Å². The number of nitrogens with zero attached hydrogens (tertiary/aromatic N) is 2. The predicted octanol–water partition coefficient (Wildman–Crippen LogP) is 4.08. The summed E-state index contributed by atoms with van der Waals surface area (Å²) in [6.45, 7) is 3.48. The zero-order valence-corrected chi connectivity index (χ0v) is 15.6. The number of hydrogen-bond acceptors (Lipinski definition) is 5. The second-order valence-electron chi connectivity index (χ2n) is 5.89. The summed E-state index contributed by atoms with van der Waals surface area (Å²) in [6, 6.07) is 6.13. The van der Waals surface area contributed by atoms with Gasteiger partial charge in [0.15, 0.2) is 11.6 Å². The van der Waals surface area contributed by atoms with E-state index in [0.29, 0.717) is 11.3 Å². The maximum absolute atomic E-state index is 14.0. The number of carbonyl (C=O) groups excluding carboxylic acids is 1. The summed E-state index contributed by atoms with van der Waals surface area (Å²) in [5.41, 5.74) is 1.43. The highest BCUT2D eigenvalue weighted by Crippen LogP contribution is 2.28. The van der Waals surface area contributed by atoms with Crippen LogP contribution in [0, 0.1) is 25.5 Å². The van der Waals surface area contributed by atoms with Crippen molar-refractivity contribution in [3.05, 3.63) is 69.3 Å². The van der Waals surface area contributed by atoms with Gasteiger partial charge in [0.25, 0.3) is 0 Å². The van der Waals surface area contributed by atoms with Crippen LogP contribution in [0.25, 0.3) is 0 Å². The lowest BCUT2D eigenvalue weighted by atomic mass is 10.2. The van der Waals surface area contributed by atoms with Gasteiger partial charge in [-0.15, -0.1) is 11.3 Å². The molecule has 8 heteroatoms. The first-order valence-electron chi connectivity index (χ1n) is 8.18. The minimum Gasteiger partial charge on any atom is -0.435 e. The minimum atomic E-state index is -1.07. The highest BCUT2D eigenvalue weighted by atomic mass is 32.1. The molecule has 140 valence electrons. The van der Waals surface area contributed by atoms with E-state index in [-0.39, 0.29) is 36.1 Å². The molecule has 2 heterocycles. The van der Waals surface area contributed by atoms with Crippen molar-refractivity contribution in [1.29, 1.82) is 0 Å². The average molecular weight is 389 g/mol. The second kappa shape index (κ2) is 8.22. The lowest BCUT2D eigenvalue weighted by Crippen LogP contribution is -2.25. The Kier molecular flexibility index (Phi) is 5.75. The van der Waals surface area contributed by atoms with Gasteiger partial charge in [-0.2, -0.15) is 4.39 Å². The predicted molar refractivity (Wildman–Crippen MR) is 97.8 cm³/mol. The number of thiazole rings is 1. The number of aromatic nitrogens is 2. The van der Waals surface area contributed by atoms with Crippen LogP contribution in [0.4, 0.5) is 8.78 Å². The summed E-state index contributed by atoms with van der Waals surface area (Å²) in [5.74, 6) is -2.40. The number of carbonyl (C=O) groups is 1. The molecule has 3 aromatic rings. The van der Waals surface area contributed by atoms with Crippen LogP contribution in [-0.2, 0) is 17.8 Å². The first kappa shape index (κ1) is 18.9. The second-order valence-corrected chi connectivity index (χ2v) is 6.95. The summed E-state index contributed by atoms with van der Waals surface area (Å²) in [4.78, 5) is 20.4. The van der Waals surface area contributed by atoms with Crippen LogP contribution in [0.15, 0.2) is 35.8 Å². The lowest BCUT2D eigenvalue weighted by molar-refractivity contribution is -0.120. The molecule has 0 aliphatic carbocycles. The van der Waals surface area contributed by atoms with E-state index in [2.05, 4.69) is 15.3 Å². The zero-order chi connectivity index (χ0) is 19.4. The Morgan fingerprint density at radius 3 is 2.78 bits per heavy atom. The Morgan fingerprint density at radius 2 is 2.04 bits per heavy atom. The molecule has 1 aromatic carbocycles. The Hall–Kier alpha value is -2.87. The fourth-order valence-corrected chi connectivity index (χ4v) is 2.98. The number of hydrogen-bond donors (Lipinski definition) is 1. The van der Waals surface area contributed by atoms with Crippen molar-refractivity contribution >= 4 is 17.2 Å². The Balaban J connectivity index is 1.69. The van der Waals surface area contributed by atoms with Gasteiger partial charge >= 0.3 is 0 Å². The number of benzene rings is 1. The number of pyridine rings is 1. The van der Waals surface area contributed by atoms with E-state index in [1.165, 1.54) is 36.6 Å². The molecule has 0 aliphatic rings. The maximum atomic E-state index is 14.0. The van der Waals surface area contributed by atoms with Crippen molar-refractivity contribution < 1.29 is 18.3 Å². The van der Waals surface area contributed by atoms with Gasteiger partial charge in [0.05, 0.1) is 17.1 Å². The first-order chi connectivity index (χ1) is 12.9. The number of amides is 1. The van der Waals surface area contributed by atoms with E-state index < -0.39 is 11.6 Å². The van der Waals surface area contributed by atoms with Gasteiger partial charge in [0, 0.05) is 23.7 Å². The third kappa shape index (κ3) is 4.65. The summed E-state index contributed by atoms with van der Waals surface area (Å²) < 4.78 is 33.2. The molecule has 0 radical (unpaired) electrons. The summed E-state index contributed by atoms with van der Waals surface area (Å²) in [7, 11) is 0. The van der Waals surface area contributed by atoms with Crippen molar-refractivity contribution in [2.45, 2.75) is 26.8 Å². The van der Waals surface area contributed by atoms with Gasteiger partial charge in [-0.05, 0) is 31.5 Å². The fourth-order valence-electron chi connectivity index (χ4n) is 2.37. The number of halogens is 2. The molecule has 2 aromatic heterocycles. The average Bonchev–Trinajstić information content (AvgIpc) is 3.06. The third-order valence-electron chi connectivity index (χ3n) is 3.78. The Labute approximate surface area is 159 Å². The van der Waals surface area contributed by atoms with Crippen LogP contribution < -0.4 is 10.1 Å². The molecule has 3 rings (SSSR count). The van der Waals surface area contributed by atoms with Crippen molar-refractivity contribution in [3.8, 4) is 11.6 Å². The van der Waals surface area contributed by atoms with E-state index in [1.54, 1.807) is 12.1 Å².